The number of ether oxygens (including phenoxy) is 2. The van der Waals surface area contributed by atoms with E-state index in [2.05, 4.69) is 18.7 Å². The van der Waals surface area contributed by atoms with Crippen LogP contribution in [0.25, 0.3) is 0 Å². The van der Waals surface area contributed by atoms with E-state index >= 15 is 0 Å². The van der Waals surface area contributed by atoms with Gasteiger partial charge in [-0.15, -0.1) is 0 Å². The molecule has 3 heteroatoms. The van der Waals surface area contributed by atoms with Crippen LogP contribution in [0.4, 0.5) is 0 Å². The minimum absolute atomic E-state index is 0.380. The zero-order valence-corrected chi connectivity index (χ0v) is 10.1. The van der Waals surface area contributed by atoms with Crippen molar-refractivity contribution in [3.05, 3.63) is 0 Å². The van der Waals surface area contributed by atoms with Gasteiger partial charge in [0.1, 0.15) is 0 Å². The number of piperidine rings is 2. The fourth-order valence-electron chi connectivity index (χ4n) is 2.88. The van der Waals surface area contributed by atoms with Gasteiger partial charge < -0.3 is 14.4 Å². The zero-order chi connectivity index (χ0) is 10.8. The van der Waals surface area contributed by atoms with Gasteiger partial charge in [-0.3, -0.25) is 0 Å². The van der Waals surface area contributed by atoms with Gasteiger partial charge in [0, 0.05) is 26.7 Å². The number of hydrogen-bond donors (Lipinski definition) is 0. The van der Waals surface area contributed by atoms with Gasteiger partial charge in [-0.2, -0.15) is 0 Å². The van der Waals surface area contributed by atoms with Crippen LogP contribution in [-0.4, -0.2) is 50.5 Å². The molecule has 2 atom stereocenters. The summed E-state index contributed by atoms with van der Waals surface area (Å²) in [5.74, 6) is 1.56. The van der Waals surface area contributed by atoms with E-state index in [0.29, 0.717) is 12.2 Å². The van der Waals surface area contributed by atoms with Crippen LogP contribution >= 0.6 is 0 Å². The lowest BCUT2D eigenvalue weighted by Crippen LogP contribution is -2.60. The van der Waals surface area contributed by atoms with E-state index in [0.717, 1.165) is 25.0 Å². The summed E-state index contributed by atoms with van der Waals surface area (Å²) in [7, 11) is 1.77. The Kier molecular flexibility index (Phi) is 3.65. The topological polar surface area (TPSA) is 21.7 Å². The molecule has 0 aromatic heterocycles. The van der Waals surface area contributed by atoms with Gasteiger partial charge in [-0.25, -0.2) is 0 Å². The minimum Gasteiger partial charge on any atom is -0.383 e. The predicted molar refractivity (Wildman–Crippen MR) is 59.9 cm³/mol. The van der Waals surface area contributed by atoms with Crippen molar-refractivity contribution in [3.8, 4) is 0 Å². The molecule has 1 aliphatic carbocycles. The predicted octanol–water partition coefficient (Wildman–Crippen LogP) is 1.38. The Morgan fingerprint density at radius 3 is 2.47 bits per heavy atom. The number of nitrogens with zero attached hydrogens (tertiary/aromatic N) is 1. The highest BCUT2D eigenvalue weighted by atomic mass is 16.5. The third-order valence-electron chi connectivity index (χ3n) is 3.56. The number of methoxy groups -OCH3 is 1. The standard InChI is InChI=1S/C12H23NO2/c1-9(2)15-12-10-6-11(12)8-13(7-10)4-5-14-3/h9-12H,4-8H2,1-3H3. The van der Waals surface area contributed by atoms with Crippen LogP contribution in [0.3, 0.4) is 0 Å². The highest BCUT2D eigenvalue weighted by molar-refractivity contribution is 4.98. The Hall–Kier alpha value is -0.120. The molecule has 3 aliphatic rings. The number of fused-ring (bicyclic) bond motifs is 2. The van der Waals surface area contributed by atoms with Gasteiger partial charge in [0.05, 0.1) is 18.8 Å². The van der Waals surface area contributed by atoms with Gasteiger partial charge in [-0.05, 0) is 32.1 Å². The van der Waals surface area contributed by atoms with Crippen molar-refractivity contribution < 1.29 is 9.47 Å². The average molecular weight is 213 g/mol. The molecule has 0 spiro atoms. The summed E-state index contributed by atoms with van der Waals surface area (Å²) in [6.45, 7) is 8.62. The fourth-order valence-corrected chi connectivity index (χ4v) is 2.88. The monoisotopic (exact) mass is 213 g/mol. The largest absolute Gasteiger partial charge is 0.383 e. The SMILES string of the molecule is COCCN1CC2CC(C1)C2OC(C)C. The lowest BCUT2D eigenvalue weighted by atomic mass is 9.68. The van der Waals surface area contributed by atoms with Crippen molar-refractivity contribution in [1.29, 1.82) is 0 Å². The molecule has 2 bridgehead atoms. The molecule has 2 saturated heterocycles. The molecular weight excluding hydrogens is 190 g/mol. The summed E-state index contributed by atoms with van der Waals surface area (Å²) >= 11 is 0. The summed E-state index contributed by atoms with van der Waals surface area (Å²) in [6, 6.07) is 0. The van der Waals surface area contributed by atoms with Gasteiger partial charge in [0.25, 0.3) is 0 Å². The Balaban J connectivity index is 1.75. The smallest absolute Gasteiger partial charge is 0.0659 e. The zero-order valence-electron chi connectivity index (χ0n) is 10.1. The molecule has 3 fully saturated rings. The Morgan fingerprint density at radius 2 is 1.93 bits per heavy atom. The molecular formula is C12H23NO2. The van der Waals surface area contributed by atoms with Gasteiger partial charge in [0.15, 0.2) is 0 Å². The molecule has 0 aromatic carbocycles. The second-order valence-corrected chi connectivity index (χ2v) is 5.16. The Labute approximate surface area is 92.7 Å². The van der Waals surface area contributed by atoms with E-state index in [-0.39, 0.29) is 0 Å². The Morgan fingerprint density at radius 1 is 1.27 bits per heavy atom. The summed E-state index contributed by atoms with van der Waals surface area (Å²) in [6.07, 6.45) is 2.30. The third kappa shape index (κ3) is 2.52. The quantitative estimate of drug-likeness (QED) is 0.688. The Bertz CT molecular complexity index is 196. The van der Waals surface area contributed by atoms with Crippen LogP contribution in [0, 0.1) is 11.8 Å². The molecule has 0 radical (unpaired) electrons. The second-order valence-electron chi connectivity index (χ2n) is 5.16. The molecule has 15 heavy (non-hydrogen) atoms. The first-order valence-electron chi connectivity index (χ1n) is 6.07. The first-order chi connectivity index (χ1) is 7.20. The van der Waals surface area contributed by atoms with Gasteiger partial charge in [0.2, 0.25) is 0 Å². The van der Waals surface area contributed by atoms with Crippen molar-refractivity contribution >= 4 is 0 Å². The van der Waals surface area contributed by atoms with Gasteiger partial charge in [-0.1, -0.05) is 0 Å². The molecule has 0 amide bonds. The summed E-state index contributed by atoms with van der Waals surface area (Å²) in [5.41, 5.74) is 0. The maximum absolute atomic E-state index is 5.95. The number of rotatable bonds is 5. The second kappa shape index (κ2) is 4.81. The molecule has 3 nitrogen and oxygen atoms in total. The first-order valence-corrected chi connectivity index (χ1v) is 6.07. The lowest BCUT2D eigenvalue weighted by molar-refractivity contribution is -0.162. The summed E-state index contributed by atoms with van der Waals surface area (Å²) in [5, 5.41) is 0. The third-order valence-corrected chi connectivity index (χ3v) is 3.56. The highest BCUT2D eigenvalue weighted by Gasteiger charge is 2.47. The highest BCUT2D eigenvalue weighted by Crippen LogP contribution is 2.42. The molecule has 3 rings (SSSR count). The van der Waals surface area contributed by atoms with E-state index in [1.165, 1.54) is 19.5 Å². The van der Waals surface area contributed by atoms with E-state index in [1.54, 1.807) is 7.11 Å². The fraction of sp³-hybridized carbons (Fsp3) is 1.00. The molecule has 0 N–H and O–H groups in total. The molecule has 2 heterocycles. The van der Waals surface area contributed by atoms with Crippen LogP contribution in [0.1, 0.15) is 20.3 Å². The molecule has 0 aromatic rings. The lowest BCUT2D eigenvalue weighted by Gasteiger charge is -2.53. The van der Waals surface area contributed by atoms with Crippen molar-refractivity contribution in [2.24, 2.45) is 11.8 Å². The van der Waals surface area contributed by atoms with Crippen molar-refractivity contribution in [3.63, 3.8) is 0 Å². The van der Waals surface area contributed by atoms with E-state index in [9.17, 15) is 0 Å². The van der Waals surface area contributed by atoms with Crippen molar-refractivity contribution in [1.82, 2.24) is 4.90 Å². The maximum Gasteiger partial charge on any atom is 0.0659 e. The molecule has 2 aliphatic heterocycles. The van der Waals surface area contributed by atoms with Crippen molar-refractivity contribution in [2.45, 2.75) is 32.5 Å². The van der Waals surface area contributed by atoms with Gasteiger partial charge >= 0.3 is 0 Å². The molecule has 88 valence electrons. The summed E-state index contributed by atoms with van der Waals surface area (Å²) < 4.78 is 11.1. The average Bonchev–Trinajstić information content (AvgIpc) is 2.23. The molecule has 2 unspecified atom stereocenters. The summed E-state index contributed by atoms with van der Waals surface area (Å²) in [4.78, 5) is 2.52. The van der Waals surface area contributed by atoms with Crippen LogP contribution in [0.5, 0.6) is 0 Å². The van der Waals surface area contributed by atoms with E-state index in [4.69, 9.17) is 9.47 Å². The first kappa shape index (κ1) is 11.4. The van der Waals surface area contributed by atoms with Crippen molar-refractivity contribution in [2.75, 3.05) is 33.4 Å². The van der Waals surface area contributed by atoms with Crippen LogP contribution in [0.15, 0.2) is 0 Å². The van der Waals surface area contributed by atoms with E-state index in [1.807, 2.05) is 0 Å². The number of hydrogen-bond acceptors (Lipinski definition) is 3. The minimum atomic E-state index is 0.380. The van der Waals surface area contributed by atoms with Crippen LogP contribution in [-0.2, 0) is 9.47 Å². The van der Waals surface area contributed by atoms with Crippen LogP contribution in [0.2, 0.25) is 0 Å². The van der Waals surface area contributed by atoms with Crippen LogP contribution < -0.4 is 0 Å². The normalized spacial score (nSPS) is 35.6. The molecule has 1 saturated carbocycles. The van der Waals surface area contributed by atoms with E-state index < -0.39 is 0 Å². The maximum atomic E-state index is 5.95.